The summed E-state index contributed by atoms with van der Waals surface area (Å²) in [5.74, 6) is -2.53. The number of allylic oxidation sites excluding steroid dienone is 1. The maximum Gasteiger partial charge on any atom is 0.251 e. The van der Waals surface area contributed by atoms with Crippen LogP contribution in [0, 0.1) is 23.2 Å². The number of hydrogen-bond acceptors (Lipinski definition) is 5. The van der Waals surface area contributed by atoms with Gasteiger partial charge in [-0.15, -0.1) is 11.3 Å². The highest BCUT2D eigenvalue weighted by Crippen LogP contribution is 2.60. The van der Waals surface area contributed by atoms with E-state index >= 15 is 8.78 Å². The minimum absolute atomic E-state index is 0.0554. The van der Waals surface area contributed by atoms with Gasteiger partial charge >= 0.3 is 0 Å². The summed E-state index contributed by atoms with van der Waals surface area (Å²) in [5.41, 5.74) is 0.972. The number of para-hydroxylation sites is 1. The van der Waals surface area contributed by atoms with E-state index in [9.17, 15) is 8.42 Å². The van der Waals surface area contributed by atoms with E-state index in [0.29, 0.717) is 5.52 Å². The quantitative estimate of drug-likeness (QED) is 0.162. The van der Waals surface area contributed by atoms with Crippen molar-refractivity contribution >= 4 is 39.7 Å². The third-order valence-electron chi connectivity index (χ3n) is 10.6. The van der Waals surface area contributed by atoms with Crippen molar-refractivity contribution in [3.05, 3.63) is 35.9 Å². The van der Waals surface area contributed by atoms with Crippen molar-refractivity contribution in [1.29, 1.82) is 0 Å². The molecule has 4 rings (SSSR count). The summed E-state index contributed by atoms with van der Waals surface area (Å²) in [6, 6.07) is 10.3. The Hall–Kier alpha value is -1.16. The van der Waals surface area contributed by atoms with Gasteiger partial charge in [0.15, 0.2) is 8.32 Å². The van der Waals surface area contributed by atoms with Crippen molar-refractivity contribution in [2.24, 2.45) is 23.2 Å². The van der Waals surface area contributed by atoms with Gasteiger partial charge in [0.2, 0.25) is 14.2 Å². The van der Waals surface area contributed by atoms with Crippen molar-refractivity contribution in [3.63, 3.8) is 0 Å². The molecular weight excluding hydrogens is 589 g/mol. The van der Waals surface area contributed by atoms with Crippen LogP contribution in [-0.2, 0) is 14.3 Å². The molecule has 0 radical (unpaired) electrons. The molecule has 42 heavy (non-hydrogen) atoms. The molecule has 1 aromatic heterocycles. The highest BCUT2D eigenvalue weighted by molar-refractivity contribution is 7.93. The lowest BCUT2D eigenvalue weighted by Gasteiger charge is -2.45. The number of hydrogen-bond donors (Lipinski definition) is 0. The molecule has 0 unspecified atom stereocenters. The van der Waals surface area contributed by atoms with Gasteiger partial charge in [-0.25, -0.2) is 22.2 Å². The summed E-state index contributed by atoms with van der Waals surface area (Å²) in [6.45, 7) is 14.4. The van der Waals surface area contributed by atoms with E-state index in [4.69, 9.17) is 4.43 Å². The van der Waals surface area contributed by atoms with Crippen LogP contribution in [0.4, 0.5) is 8.78 Å². The maximum atomic E-state index is 15.7. The molecule has 0 amide bonds. The number of alkyl halides is 2. The van der Waals surface area contributed by atoms with Crippen LogP contribution in [0.15, 0.2) is 40.3 Å². The fourth-order valence-corrected chi connectivity index (χ4v) is 14.1. The average molecular weight is 640 g/mol. The molecule has 0 spiro atoms. The summed E-state index contributed by atoms with van der Waals surface area (Å²) >= 11 is 1.22. The maximum absolute atomic E-state index is 15.7. The van der Waals surface area contributed by atoms with Gasteiger partial charge in [-0.05, 0) is 99.4 Å². The first-order chi connectivity index (χ1) is 19.6. The topological polar surface area (TPSA) is 56.3 Å². The van der Waals surface area contributed by atoms with Gasteiger partial charge in [-0.3, -0.25) is 0 Å². The smallest absolute Gasteiger partial charge is 0.251 e. The van der Waals surface area contributed by atoms with Crippen molar-refractivity contribution in [2.75, 3.05) is 5.75 Å². The van der Waals surface area contributed by atoms with Gasteiger partial charge in [0.1, 0.15) is 0 Å². The third-order valence-corrected chi connectivity index (χ3v) is 18.5. The zero-order valence-corrected chi connectivity index (χ0v) is 29.3. The van der Waals surface area contributed by atoms with E-state index in [-0.39, 0.29) is 46.1 Å². The van der Waals surface area contributed by atoms with Crippen LogP contribution in [-0.4, -0.2) is 39.0 Å². The highest BCUT2D eigenvalue weighted by Gasteiger charge is 2.52. The molecule has 2 aliphatic carbocycles. The van der Waals surface area contributed by atoms with Crippen LogP contribution in [0.25, 0.3) is 10.2 Å². The Kier molecular flexibility index (Phi) is 10.2. The Bertz CT molecular complexity index is 1330. The molecule has 236 valence electrons. The minimum Gasteiger partial charge on any atom is -0.412 e. The van der Waals surface area contributed by atoms with Crippen molar-refractivity contribution < 1.29 is 21.6 Å². The van der Waals surface area contributed by atoms with E-state index in [1.807, 2.05) is 51.1 Å². The van der Waals surface area contributed by atoms with Gasteiger partial charge in [0.05, 0.1) is 21.6 Å². The molecule has 2 aromatic rings. The predicted octanol–water partition coefficient (Wildman–Crippen LogP) is 10.1. The number of rotatable bonds is 13. The first kappa shape index (κ1) is 33.7. The second-order valence-corrected chi connectivity index (χ2v) is 21.9. The molecule has 0 bridgehead atoms. The largest absolute Gasteiger partial charge is 0.412 e. The molecule has 0 N–H and O–H groups in total. The first-order valence-corrected chi connectivity index (χ1v) is 20.9. The molecule has 2 saturated carbocycles. The monoisotopic (exact) mass is 639 g/mol. The highest BCUT2D eigenvalue weighted by atomic mass is 32.2. The lowest BCUT2D eigenvalue weighted by atomic mass is 9.60. The molecule has 0 saturated heterocycles. The Balaban J connectivity index is 1.44. The molecule has 4 atom stereocenters. The van der Waals surface area contributed by atoms with Crippen LogP contribution < -0.4 is 0 Å². The average Bonchev–Trinajstić information content (AvgIpc) is 3.51. The Morgan fingerprint density at radius 2 is 1.83 bits per heavy atom. The summed E-state index contributed by atoms with van der Waals surface area (Å²) in [7, 11) is -5.54. The fraction of sp³-hybridized carbons (Fsp3) is 0.727. The summed E-state index contributed by atoms with van der Waals surface area (Å²) in [4.78, 5) is 4.38. The molecule has 4 nitrogen and oxygen atoms in total. The summed E-state index contributed by atoms with van der Waals surface area (Å²) < 4.78 is 65.4. The molecule has 2 aliphatic rings. The van der Waals surface area contributed by atoms with Gasteiger partial charge in [0, 0.05) is 12.8 Å². The number of aromatic nitrogens is 1. The van der Waals surface area contributed by atoms with E-state index in [1.165, 1.54) is 16.9 Å². The molecular formula is C33H51F2NO3S2Si. The van der Waals surface area contributed by atoms with Crippen LogP contribution in [0.3, 0.4) is 0 Å². The van der Waals surface area contributed by atoms with E-state index in [0.717, 1.165) is 54.9 Å². The van der Waals surface area contributed by atoms with Crippen LogP contribution in [0.2, 0.25) is 18.1 Å². The summed E-state index contributed by atoms with van der Waals surface area (Å²) in [5, 5.41) is 0. The molecule has 9 heteroatoms. The van der Waals surface area contributed by atoms with Gasteiger partial charge in [0.25, 0.3) is 5.92 Å². The molecule has 2 fully saturated rings. The second kappa shape index (κ2) is 12.7. The van der Waals surface area contributed by atoms with Crippen LogP contribution in [0.1, 0.15) is 93.4 Å². The van der Waals surface area contributed by atoms with E-state index < -0.39 is 29.7 Å². The van der Waals surface area contributed by atoms with Crippen molar-refractivity contribution in [1.82, 2.24) is 4.98 Å². The number of nitrogens with zero attached hydrogens (tertiary/aromatic N) is 1. The fourth-order valence-electron chi connectivity index (χ4n) is 8.43. The number of benzene rings is 1. The predicted molar refractivity (Wildman–Crippen MR) is 174 cm³/mol. The number of thiazole rings is 1. The van der Waals surface area contributed by atoms with Gasteiger partial charge in [-0.2, -0.15) is 0 Å². The Morgan fingerprint density at radius 3 is 2.48 bits per heavy atom. The molecule has 1 aromatic carbocycles. The van der Waals surface area contributed by atoms with Gasteiger partial charge < -0.3 is 4.43 Å². The van der Waals surface area contributed by atoms with Crippen LogP contribution in [0.5, 0.6) is 0 Å². The Labute approximate surface area is 257 Å². The SMILES string of the molecule is CC[Si](CC)(CC)OC(C)(C)CC(F)(F)C[C@@H](C)[C@H]1CC[C@H]2/C(=C/CS(=O)(=O)c3nc4ccccc4s3)CCC[C@]12C. The van der Waals surface area contributed by atoms with Gasteiger partial charge in [-0.1, -0.05) is 58.4 Å². The zero-order chi connectivity index (χ0) is 31.0. The van der Waals surface area contributed by atoms with Crippen molar-refractivity contribution in [3.8, 4) is 0 Å². The lowest BCUT2D eigenvalue weighted by molar-refractivity contribution is -0.0904. The third kappa shape index (κ3) is 7.21. The van der Waals surface area contributed by atoms with E-state index in [2.05, 4.69) is 32.7 Å². The Morgan fingerprint density at radius 1 is 1.17 bits per heavy atom. The van der Waals surface area contributed by atoms with Crippen LogP contribution >= 0.6 is 11.3 Å². The number of fused-ring (bicyclic) bond motifs is 2. The minimum atomic E-state index is -3.54. The molecule has 1 heterocycles. The first-order valence-electron chi connectivity index (χ1n) is 15.9. The number of sulfone groups is 1. The lowest BCUT2D eigenvalue weighted by Crippen LogP contribution is -2.47. The zero-order valence-electron chi connectivity index (χ0n) is 26.6. The van der Waals surface area contributed by atoms with E-state index in [1.54, 1.807) is 0 Å². The molecule has 0 aliphatic heterocycles. The van der Waals surface area contributed by atoms with Crippen molar-refractivity contribution in [2.45, 2.75) is 127 Å². The second-order valence-electron chi connectivity index (χ2n) is 13.9. The standard InChI is InChI=1S/C33H51F2NO3S2Si/c1-8-42(9-2,10-3)39-31(5,6)23-33(34,35)22-24(4)26-17-18-27-25(14-13-20-32(26,27)7)19-21-41(37,38)30-36-28-15-11-12-16-29(28)40-30/h11-12,15-16,19,24,26-27H,8-10,13-14,17-18,20-23H2,1-7H3/b25-19+/t24-,26-,27+,32-/m1/s1. The summed E-state index contributed by atoms with van der Waals surface area (Å²) in [6.07, 6.45) is 6.27. The normalized spacial score (nSPS) is 25.7. The number of halogens is 2.